The van der Waals surface area contributed by atoms with Crippen LogP contribution in [0.5, 0.6) is 0 Å². The molecular weight excluding hydrogens is 305 g/mol. The van der Waals surface area contributed by atoms with Crippen molar-refractivity contribution in [2.24, 2.45) is 5.41 Å². The average Bonchev–Trinajstić information content (AvgIpc) is 2.21. The van der Waals surface area contributed by atoms with E-state index in [0.29, 0.717) is 22.6 Å². The molecule has 0 spiro atoms. The van der Waals surface area contributed by atoms with Crippen LogP contribution in [0.25, 0.3) is 11.2 Å². The van der Waals surface area contributed by atoms with Crippen LogP contribution in [-0.2, 0) is 5.41 Å². The molecule has 2 heterocycles. The summed E-state index contributed by atoms with van der Waals surface area (Å²) in [5, 5.41) is 0.00295. The summed E-state index contributed by atoms with van der Waals surface area (Å²) in [5.74, 6) is 0. The van der Waals surface area contributed by atoms with Crippen molar-refractivity contribution in [3.8, 4) is 0 Å². The van der Waals surface area contributed by atoms with Crippen LogP contribution in [0, 0.1) is 12.3 Å². The fraction of sp³-hybridized carbons (Fsp3) is 0.538. The number of alkyl halides is 3. The van der Waals surface area contributed by atoms with Gasteiger partial charge < -0.3 is 0 Å². The smallest absolute Gasteiger partial charge is 0.249 e. The lowest BCUT2D eigenvalue weighted by Crippen LogP contribution is -2.70. The fourth-order valence-electron chi connectivity index (χ4n) is 3.68. The first-order valence-corrected chi connectivity index (χ1v) is 6.87. The molecule has 0 atom stereocenters. The number of nitrogens with zero attached hydrogens (tertiary/aromatic N) is 4. The third kappa shape index (κ3) is 1.58. The van der Waals surface area contributed by atoms with Crippen molar-refractivity contribution in [3.63, 3.8) is 0 Å². The van der Waals surface area contributed by atoms with E-state index in [-0.39, 0.29) is 24.5 Å². The van der Waals surface area contributed by atoms with Crippen LogP contribution in [0.1, 0.15) is 30.7 Å². The number of fused-ring (bicyclic) bond motifs is 1. The van der Waals surface area contributed by atoms with Crippen molar-refractivity contribution < 1.29 is 13.2 Å². The molecule has 0 N–H and O–H groups in total. The maximum absolute atomic E-state index is 13.0. The summed E-state index contributed by atoms with van der Waals surface area (Å²) in [6.45, 7) is 1.77. The Hall–Kier alpha value is -1.50. The SMILES string of the molecule is Cc1cnc2c(C34CC(C(F)(F)F)(C3)C4)nc(Cl)nc2n1. The van der Waals surface area contributed by atoms with Gasteiger partial charge in [-0.1, -0.05) is 0 Å². The molecule has 2 aromatic rings. The largest absolute Gasteiger partial charge is 0.394 e. The first-order chi connectivity index (χ1) is 9.75. The molecule has 0 radical (unpaired) electrons. The number of hydrogen-bond donors (Lipinski definition) is 0. The van der Waals surface area contributed by atoms with Gasteiger partial charge in [-0.25, -0.2) is 15.0 Å². The van der Waals surface area contributed by atoms with Crippen molar-refractivity contribution in [2.45, 2.75) is 37.8 Å². The Kier molecular flexibility index (Phi) is 2.28. The highest BCUT2D eigenvalue weighted by molar-refractivity contribution is 6.28. The molecule has 3 aliphatic carbocycles. The molecule has 2 bridgehead atoms. The van der Waals surface area contributed by atoms with Gasteiger partial charge >= 0.3 is 6.18 Å². The predicted octanol–water partition coefficient (Wildman–Crippen LogP) is 3.37. The molecule has 4 nitrogen and oxygen atoms in total. The van der Waals surface area contributed by atoms with E-state index < -0.39 is 17.0 Å². The minimum absolute atomic E-state index is 0.00295. The Morgan fingerprint density at radius 3 is 2.43 bits per heavy atom. The van der Waals surface area contributed by atoms with Gasteiger partial charge in [0.25, 0.3) is 0 Å². The Morgan fingerprint density at radius 1 is 1.14 bits per heavy atom. The highest BCUT2D eigenvalue weighted by Crippen LogP contribution is 2.78. The van der Waals surface area contributed by atoms with Crippen LogP contribution in [0.3, 0.4) is 0 Å². The zero-order chi connectivity index (χ0) is 15.0. The minimum Gasteiger partial charge on any atom is -0.249 e. The van der Waals surface area contributed by atoms with Gasteiger partial charge in [0.15, 0.2) is 5.65 Å². The van der Waals surface area contributed by atoms with Crippen LogP contribution < -0.4 is 0 Å². The molecule has 0 aromatic carbocycles. The van der Waals surface area contributed by atoms with Crippen molar-refractivity contribution in [2.75, 3.05) is 0 Å². The molecule has 110 valence electrons. The zero-order valence-corrected chi connectivity index (χ0v) is 11.8. The lowest BCUT2D eigenvalue weighted by Gasteiger charge is -2.70. The Balaban J connectivity index is 1.80. The predicted molar refractivity (Wildman–Crippen MR) is 68.9 cm³/mol. The summed E-state index contributed by atoms with van der Waals surface area (Å²) in [5.41, 5.74) is -0.112. The van der Waals surface area contributed by atoms with Crippen LogP contribution in [-0.4, -0.2) is 26.1 Å². The number of aryl methyl sites for hydroxylation is 1. The van der Waals surface area contributed by atoms with Crippen LogP contribution >= 0.6 is 11.6 Å². The van der Waals surface area contributed by atoms with Crippen molar-refractivity contribution in [1.29, 1.82) is 0 Å². The molecular formula is C13H10ClF3N4. The average molecular weight is 315 g/mol. The lowest BCUT2D eigenvalue weighted by molar-refractivity contribution is -0.337. The normalized spacial score (nSPS) is 30.9. The standard InChI is InChI=1S/C13H10ClF3N4/c1-6-2-18-7-8(20-10(14)21-9(7)19-6)11-3-12(4-11,5-11)13(15,16)17/h2H,3-5H2,1H3. The highest BCUT2D eigenvalue weighted by Gasteiger charge is 2.79. The molecule has 3 aliphatic rings. The molecule has 3 fully saturated rings. The Morgan fingerprint density at radius 2 is 1.81 bits per heavy atom. The summed E-state index contributed by atoms with van der Waals surface area (Å²) in [6, 6.07) is 0. The number of aromatic nitrogens is 4. The van der Waals surface area contributed by atoms with Crippen LogP contribution in [0.4, 0.5) is 13.2 Å². The van der Waals surface area contributed by atoms with Gasteiger partial charge in [-0.3, -0.25) is 0 Å². The molecule has 5 rings (SSSR count). The van der Waals surface area contributed by atoms with Gasteiger partial charge in [-0.2, -0.15) is 18.2 Å². The van der Waals surface area contributed by atoms with E-state index in [1.165, 1.54) is 0 Å². The number of rotatable bonds is 1. The maximum Gasteiger partial charge on any atom is 0.394 e. The zero-order valence-electron chi connectivity index (χ0n) is 11.0. The summed E-state index contributed by atoms with van der Waals surface area (Å²) >= 11 is 5.89. The third-order valence-electron chi connectivity index (χ3n) is 4.64. The first-order valence-electron chi connectivity index (χ1n) is 6.49. The van der Waals surface area contributed by atoms with E-state index in [1.54, 1.807) is 13.1 Å². The summed E-state index contributed by atoms with van der Waals surface area (Å²) in [7, 11) is 0. The van der Waals surface area contributed by atoms with Gasteiger partial charge in [0.05, 0.1) is 16.8 Å². The van der Waals surface area contributed by atoms with E-state index in [1.807, 2.05) is 0 Å². The van der Waals surface area contributed by atoms with Gasteiger partial charge in [-0.15, -0.1) is 0 Å². The van der Waals surface area contributed by atoms with Crippen LogP contribution in [0.2, 0.25) is 5.28 Å². The van der Waals surface area contributed by atoms with Gasteiger partial charge in [0.1, 0.15) is 5.52 Å². The summed E-state index contributed by atoms with van der Waals surface area (Å²) in [6.07, 6.45) is -2.41. The van der Waals surface area contributed by atoms with Gasteiger partial charge in [0, 0.05) is 11.6 Å². The third-order valence-corrected chi connectivity index (χ3v) is 4.80. The maximum atomic E-state index is 13.0. The van der Waals surface area contributed by atoms with E-state index >= 15 is 0 Å². The number of halogens is 4. The van der Waals surface area contributed by atoms with E-state index in [0.717, 1.165) is 0 Å². The molecule has 0 amide bonds. The fourth-order valence-corrected chi connectivity index (χ4v) is 3.84. The van der Waals surface area contributed by atoms with E-state index in [2.05, 4.69) is 19.9 Å². The van der Waals surface area contributed by atoms with E-state index in [9.17, 15) is 13.2 Å². The second-order valence-corrected chi connectivity index (χ2v) is 6.45. The van der Waals surface area contributed by atoms with Crippen molar-refractivity contribution >= 4 is 22.8 Å². The highest BCUT2D eigenvalue weighted by atomic mass is 35.5. The first kappa shape index (κ1) is 13.2. The van der Waals surface area contributed by atoms with Crippen molar-refractivity contribution in [3.05, 3.63) is 22.9 Å². The molecule has 8 heteroatoms. The second-order valence-electron chi connectivity index (χ2n) is 6.11. The molecule has 2 aromatic heterocycles. The summed E-state index contributed by atoms with van der Waals surface area (Å²) < 4.78 is 38.9. The van der Waals surface area contributed by atoms with Gasteiger partial charge in [-0.05, 0) is 37.8 Å². The molecule has 3 saturated carbocycles. The van der Waals surface area contributed by atoms with Crippen LogP contribution in [0.15, 0.2) is 6.20 Å². The topological polar surface area (TPSA) is 51.6 Å². The monoisotopic (exact) mass is 314 g/mol. The van der Waals surface area contributed by atoms with Gasteiger partial charge in [0.2, 0.25) is 5.28 Å². The second kappa shape index (κ2) is 3.63. The molecule has 0 saturated heterocycles. The van der Waals surface area contributed by atoms with E-state index in [4.69, 9.17) is 11.6 Å². The Bertz CT molecular complexity index is 749. The quantitative estimate of drug-likeness (QED) is 0.757. The Labute approximate surface area is 122 Å². The lowest BCUT2D eigenvalue weighted by atomic mass is 9.34. The molecule has 21 heavy (non-hydrogen) atoms. The molecule has 0 unspecified atom stereocenters. The minimum atomic E-state index is -4.15. The molecule has 0 aliphatic heterocycles. The van der Waals surface area contributed by atoms with Crippen molar-refractivity contribution in [1.82, 2.24) is 19.9 Å². The summed E-state index contributed by atoms with van der Waals surface area (Å²) in [4.78, 5) is 16.7. The number of hydrogen-bond acceptors (Lipinski definition) is 4.